The second-order valence-corrected chi connectivity index (χ2v) is 6.85. The van der Waals surface area contributed by atoms with Gasteiger partial charge in [-0.1, -0.05) is 30.3 Å². The zero-order valence-corrected chi connectivity index (χ0v) is 15.0. The zero-order valence-electron chi connectivity index (χ0n) is 15.0. The number of benzene rings is 1. The van der Waals surface area contributed by atoms with Gasteiger partial charge in [0.1, 0.15) is 12.3 Å². The van der Waals surface area contributed by atoms with Crippen LogP contribution in [0.25, 0.3) is 0 Å². The summed E-state index contributed by atoms with van der Waals surface area (Å²) in [7, 11) is 0. The second-order valence-electron chi connectivity index (χ2n) is 6.85. The lowest BCUT2D eigenvalue weighted by Crippen LogP contribution is -2.44. The van der Waals surface area contributed by atoms with Crippen LogP contribution in [0.15, 0.2) is 41.0 Å². The molecule has 140 valence electrons. The smallest absolute Gasteiger partial charge is 0.273 e. The first-order valence-corrected chi connectivity index (χ1v) is 8.99. The van der Waals surface area contributed by atoms with Crippen molar-refractivity contribution >= 4 is 5.91 Å². The number of likely N-dealkylation sites (tertiary alicyclic amines) is 1. The summed E-state index contributed by atoms with van der Waals surface area (Å²) in [6.07, 6.45) is 2.29. The molecule has 0 radical (unpaired) electrons. The molecule has 4 N–H and O–H groups in total. The number of piperidine rings is 1. The van der Waals surface area contributed by atoms with Crippen LogP contribution in [0.2, 0.25) is 0 Å². The van der Waals surface area contributed by atoms with Crippen LogP contribution in [-0.4, -0.2) is 46.1 Å². The van der Waals surface area contributed by atoms with Gasteiger partial charge in [0.05, 0.1) is 6.10 Å². The highest BCUT2D eigenvalue weighted by atomic mass is 16.3. The lowest BCUT2D eigenvalue weighted by atomic mass is 10.0. The van der Waals surface area contributed by atoms with Crippen LogP contribution in [0.3, 0.4) is 0 Å². The number of hydrogen-bond acceptors (Lipinski definition) is 6. The molecule has 0 saturated carbocycles. The van der Waals surface area contributed by atoms with Crippen LogP contribution in [0, 0.1) is 0 Å². The summed E-state index contributed by atoms with van der Waals surface area (Å²) in [6.45, 7) is 4.37. The van der Waals surface area contributed by atoms with Crippen LogP contribution in [-0.2, 0) is 6.54 Å². The van der Waals surface area contributed by atoms with Gasteiger partial charge in [-0.05, 0) is 25.3 Å². The van der Waals surface area contributed by atoms with Gasteiger partial charge in [0.25, 0.3) is 5.91 Å². The van der Waals surface area contributed by atoms with Crippen molar-refractivity contribution in [3.8, 4) is 0 Å². The van der Waals surface area contributed by atoms with Gasteiger partial charge >= 0.3 is 0 Å². The third-order valence-electron chi connectivity index (χ3n) is 4.73. The van der Waals surface area contributed by atoms with Crippen LogP contribution in [0.1, 0.15) is 47.7 Å². The quantitative estimate of drug-likeness (QED) is 0.722. The summed E-state index contributed by atoms with van der Waals surface area (Å²) in [4.78, 5) is 18.8. The molecule has 7 nitrogen and oxygen atoms in total. The van der Waals surface area contributed by atoms with E-state index in [1.165, 1.54) is 11.8 Å². The van der Waals surface area contributed by atoms with E-state index in [-0.39, 0.29) is 23.5 Å². The summed E-state index contributed by atoms with van der Waals surface area (Å²) >= 11 is 0. The number of oxazole rings is 1. The molecule has 26 heavy (non-hydrogen) atoms. The Kier molecular flexibility index (Phi) is 6.03. The highest BCUT2D eigenvalue weighted by molar-refractivity contribution is 5.92. The molecule has 1 aliphatic rings. The predicted molar refractivity (Wildman–Crippen MR) is 97.3 cm³/mol. The van der Waals surface area contributed by atoms with E-state index in [2.05, 4.69) is 39.5 Å². The number of aliphatic hydroxyl groups is 1. The van der Waals surface area contributed by atoms with Gasteiger partial charge in [0, 0.05) is 25.7 Å². The number of carbonyl (C=O) groups is 1. The lowest BCUT2D eigenvalue weighted by molar-refractivity contribution is 0.0903. The van der Waals surface area contributed by atoms with E-state index in [0.29, 0.717) is 0 Å². The van der Waals surface area contributed by atoms with Crippen molar-refractivity contribution in [2.45, 2.75) is 44.5 Å². The molecule has 2 unspecified atom stereocenters. The minimum Gasteiger partial charge on any atom is -0.446 e. The van der Waals surface area contributed by atoms with E-state index in [0.717, 1.165) is 32.5 Å². The van der Waals surface area contributed by atoms with Gasteiger partial charge in [-0.3, -0.25) is 9.69 Å². The number of aliphatic hydroxyl groups excluding tert-OH is 1. The third kappa shape index (κ3) is 4.69. The van der Waals surface area contributed by atoms with Gasteiger partial charge in [-0.15, -0.1) is 0 Å². The van der Waals surface area contributed by atoms with Crippen molar-refractivity contribution in [1.82, 2.24) is 15.2 Å². The first kappa shape index (κ1) is 18.6. The molecule has 2 aromatic rings. The fourth-order valence-electron chi connectivity index (χ4n) is 3.09. The van der Waals surface area contributed by atoms with Crippen molar-refractivity contribution < 1.29 is 14.3 Å². The Balaban J connectivity index is 1.47. The van der Waals surface area contributed by atoms with Gasteiger partial charge < -0.3 is 20.6 Å². The number of carbonyl (C=O) groups excluding carboxylic acids is 1. The Morgan fingerprint density at radius 1 is 1.38 bits per heavy atom. The number of nitrogens with one attached hydrogen (secondary N) is 1. The van der Waals surface area contributed by atoms with Gasteiger partial charge in [0.2, 0.25) is 5.89 Å². The van der Waals surface area contributed by atoms with Crippen LogP contribution >= 0.6 is 0 Å². The van der Waals surface area contributed by atoms with Crippen molar-refractivity contribution in [3.05, 3.63) is 53.7 Å². The molecule has 3 rings (SSSR count). The summed E-state index contributed by atoms with van der Waals surface area (Å²) in [6, 6.07) is 9.78. The van der Waals surface area contributed by atoms with E-state index >= 15 is 0 Å². The molecular formula is C19H26N4O3. The molecule has 2 heterocycles. The second kappa shape index (κ2) is 8.44. The maximum Gasteiger partial charge on any atom is 0.273 e. The number of nitrogens with zero attached hydrogens (tertiary/aromatic N) is 2. The Hall–Kier alpha value is -2.22. The van der Waals surface area contributed by atoms with Crippen LogP contribution in [0.5, 0.6) is 0 Å². The molecule has 1 saturated heterocycles. The summed E-state index contributed by atoms with van der Waals surface area (Å²) in [5.74, 6) is -0.0952. The van der Waals surface area contributed by atoms with E-state index < -0.39 is 12.1 Å². The molecule has 1 amide bonds. The summed E-state index contributed by atoms with van der Waals surface area (Å²) < 4.78 is 5.22. The highest BCUT2D eigenvalue weighted by Gasteiger charge is 2.24. The Labute approximate surface area is 153 Å². The van der Waals surface area contributed by atoms with E-state index in [4.69, 9.17) is 10.2 Å². The number of rotatable bonds is 6. The molecule has 0 spiro atoms. The number of nitrogens with two attached hydrogens (primary N) is 1. The molecule has 1 aliphatic heterocycles. The largest absolute Gasteiger partial charge is 0.446 e. The van der Waals surface area contributed by atoms with Gasteiger partial charge in [0.15, 0.2) is 5.69 Å². The maximum absolute atomic E-state index is 12.3. The average molecular weight is 358 g/mol. The molecule has 1 fully saturated rings. The number of hydrogen-bond donors (Lipinski definition) is 3. The topological polar surface area (TPSA) is 105 Å². The SMILES string of the molecule is CC(O)C(N)c1nc(C(=O)NC2CCN(Cc3ccccc3)CC2)co1. The van der Waals surface area contributed by atoms with Gasteiger partial charge in [-0.2, -0.15) is 0 Å². The lowest BCUT2D eigenvalue weighted by Gasteiger charge is -2.32. The molecule has 1 aromatic heterocycles. The standard InChI is InChI=1S/C19H26N4O3/c1-13(24)17(20)19-22-16(12-26-19)18(25)21-15-7-9-23(10-8-15)11-14-5-3-2-4-6-14/h2-6,12-13,15,17,24H,7-11,20H2,1H3,(H,21,25). The Morgan fingerprint density at radius 3 is 2.73 bits per heavy atom. The van der Waals surface area contributed by atoms with Crippen molar-refractivity contribution in [3.63, 3.8) is 0 Å². The van der Waals surface area contributed by atoms with Crippen molar-refractivity contribution in [2.24, 2.45) is 5.73 Å². The first-order valence-electron chi connectivity index (χ1n) is 8.99. The number of aromatic nitrogens is 1. The molecule has 2 atom stereocenters. The van der Waals surface area contributed by atoms with Gasteiger partial charge in [-0.25, -0.2) is 4.98 Å². The molecule has 0 aliphatic carbocycles. The molecular weight excluding hydrogens is 332 g/mol. The molecule has 7 heteroatoms. The zero-order chi connectivity index (χ0) is 18.5. The first-order chi connectivity index (χ1) is 12.5. The summed E-state index contributed by atoms with van der Waals surface area (Å²) in [5.41, 5.74) is 7.27. The van der Waals surface area contributed by atoms with Crippen LogP contribution < -0.4 is 11.1 Å². The van der Waals surface area contributed by atoms with E-state index in [9.17, 15) is 9.90 Å². The van der Waals surface area contributed by atoms with E-state index in [1.54, 1.807) is 6.92 Å². The minimum absolute atomic E-state index is 0.125. The fourth-order valence-corrected chi connectivity index (χ4v) is 3.09. The normalized spacial score (nSPS) is 18.4. The highest BCUT2D eigenvalue weighted by Crippen LogP contribution is 2.16. The van der Waals surface area contributed by atoms with Crippen molar-refractivity contribution in [2.75, 3.05) is 13.1 Å². The third-order valence-corrected chi connectivity index (χ3v) is 4.73. The Bertz CT molecular complexity index is 709. The van der Waals surface area contributed by atoms with E-state index in [1.807, 2.05) is 6.07 Å². The van der Waals surface area contributed by atoms with Crippen molar-refractivity contribution in [1.29, 1.82) is 0 Å². The average Bonchev–Trinajstić information content (AvgIpc) is 3.13. The molecule has 1 aromatic carbocycles. The summed E-state index contributed by atoms with van der Waals surface area (Å²) in [5, 5.41) is 12.5. The number of amides is 1. The maximum atomic E-state index is 12.3. The molecule has 0 bridgehead atoms. The monoisotopic (exact) mass is 358 g/mol. The van der Waals surface area contributed by atoms with Crippen LogP contribution in [0.4, 0.5) is 0 Å². The predicted octanol–water partition coefficient (Wildman–Crippen LogP) is 1.45. The fraction of sp³-hybridized carbons (Fsp3) is 0.474. The Morgan fingerprint density at radius 2 is 2.08 bits per heavy atom. The minimum atomic E-state index is -0.793.